The summed E-state index contributed by atoms with van der Waals surface area (Å²) in [5, 5.41) is 12.7. The van der Waals surface area contributed by atoms with Gasteiger partial charge in [-0.2, -0.15) is 0 Å². The summed E-state index contributed by atoms with van der Waals surface area (Å²) in [5.41, 5.74) is 0.635. The third-order valence-corrected chi connectivity index (χ3v) is 6.65. The zero-order valence-electron chi connectivity index (χ0n) is 18.1. The molecule has 1 atom stereocenters. The number of hydrogen-bond acceptors (Lipinski definition) is 6. The summed E-state index contributed by atoms with van der Waals surface area (Å²) in [7, 11) is 1.62. The molecule has 10 heteroatoms. The lowest BCUT2D eigenvalue weighted by molar-refractivity contribution is -0.113. The van der Waals surface area contributed by atoms with Gasteiger partial charge in [-0.15, -0.1) is 10.2 Å². The van der Waals surface area contributed by atoms with Gasteiger partial charge in [0.25, 0.3) is 0 Å². The summed E-state index contributed by atoms with van der Waals surface area (Å²) in [4.78, 5) is 12.4. The van der Waals surface area contributed by atoms with Crippen LogP contribution in [0.2, 0.25) is 5.02 Å². The van der Waals surface area contributed by atoms with Crippen molar-refractivity contribution in [1.82, 2.24) is 14.8 Å². The van der Waals surface area contributed by atoms with E-state index in [-0.39, 0.29) is 23.8 Å². The average molecular weight is 540 g/mol. The molecule has 32 heavy (non-hydrogen) atoms. The standard InChI is InChI=1S/C22H24BrClN4O3S/c1-13(2)28-21(14(3)31-17-8-6-16(30-4)7-9-17)26-27-22(28)32-12-20(29)25-15-5-10-18(23)19(24)11-15/h5-11,13-14H,12H2,1-4H3,(H,25,29). The number of amides is 1. The number of methoxy groups -OCH3 is 1. The van der Waals surface area contributed by atoms with Gasteiger partial charge in [0.2, 0.25) is 5.91 Å². The van der Waals surface area contributed by atoms with Crippen LogP contribution in [0.25, 0.3) is 0 Å². The van der Waals surface area contributed by atoms with Gasteiger partial charge in [0.1, 0.15) is 11.5 Å². The molecule has 0 aliphatic rings. The highest BCUT2D eigenvalue weighted by Gasteiger charge is 2.22. The summed E-state index contributed by atoms with van der Waals surface area (Å²) < 4.78 is 14.0. The third kappa shape index (κ3) is 6.17. The fourth-order valence-corrected chi connectivity index (χ4v) is 4.26. The Kier molecular flexibility index (Phi) is 8.44. The van der Waals surface area contributed by atoms with Gasteiger partial charge < -0.3 is 19.4 Å². The molecule has 3 aromatic rings. The van der Waals surface area contributed by atoms with Crippen molar-refractivity contribution in [3.63, 3.8) is 0 Å². The number of hydrogen-bond donors (Lipinski definition) is 1. The molecule has 0 aliphatic carbocycles. The number of anilines is 1. The molecular weight excluding hydrogens is 516 g/mol. The zero-order valence-corrected chi connectivity index (χ0v) is 21.3. The van der Waals surface area contributed by atoms with Crippen LogP contribution in [0.15, 0.2) is 52.1 Å². The Hall–Kier alpha value is -2.23. The Bertz CT molecular complexity index is 1080. The maximum atomic E-state index is 12.4. The van der Waals surface area contributed by atoms with Crippen LogP contribution in [-0.2, 0) is 4.79 Å². The van der Waals surface area contributed by atoms with E-state index in [9.17, 15) is 4.79 Å². The highest BCUT2D eigenvalue weighted by molar-refractivity contribution is 9.10. The number of nitrogens with one attached hydrogen (secondary N) is 1. The maximum Gasteiger partial charge on any atom is 0.234 e. The number of nitrogens with zero attached hydrogens (tertiary/aromatic N) is 3. The van der Waals surface area contributed by atoms with Crippen molar-refractivity contribution >= 4 is 50.9 Å². The van der Waals surface area contributed by atoms with E-state index in [1.807, 2.05) is 49.6 Å². The molecule has 0 spiro atoms. The van der Waals surface area contributed by atoms with E-state index in [1.54, 1.807) is 25.3 Å². The number of thioether (sulfide) groups is 1. The minimum absolute atomic E-state index is 0.0951. The fourth-order valence-electron chi connectivity index (χ4n) is 2.96. The van der Waals surface area contributed by atoms with Crippen molar-refractivity contribution < 1.29 is 14.3 Å². The van der Waals surface area contributed by atoms with E-state index >= 15 is 0 Å². The first-order chi connectivity index (χ1) is 15.3. The van der Waals surface area contributed by atoms with Crippen LogP contribution in [0.1, 0.15) is 38.7 Å². The molecule has 1 aromatic heterocycles. The van der Waals surface area contributed by atoms with E-state index < -0.39 is 0 Å². The Morgan fingerprint density at radius 1 is 1.16 bits per heavy atom. The Labute approximate surface area is 205 Å². The Morgan fingerprint density at radius 2 is 1.84 bits per heavy atom. The van der Waals surface area contributed by atoms with Crippen molar-refractivity contribution in [1.29, 1.82) is 0 Å². The van der Waals surface area contributed by atoms with Gasteiger partial charge in [0, 0.05) is 16.2 Å². The Balaban J connectivity index is 1.66. The molecular formula is C22H24BrClN4O3S. The van der Waals surface area contributed by atoms with E-state index in [4.69, 9.17) is 21.1 Å². The van der Waals surface area contributed by atoms with Crippen LogP contribution in [0.5, 0.6) is 11.5 Å². The van der Waals surface area contributed by atoms with Crippen molar-refractivity contribution in [2.75, 3.05) is 18.2 Å². The number of benzene rings is 2. The second-order valence-electron chi connectivity index (χ2n) is 7.21. The number of carbonyl (C=O) groups is 1. The van der Waals surface area contributed by atoms with Gasteiger partial charge in [0.15, 0.2) is 17.1 Å². The number of aromatic nitrogens is 3. The molecule has 1 heterocycles. The summed E-state index contributed by atoms with van der Waals surface area (Å²) in [5.74, 6) is 2.19. The van der Waals surface area contributed by atoms with Crippen LogP contribution in [0.3, 0.4) is 0 Å². The fraction of sp³-hybridized carbons (Fsp3) is 0.318. The lowest BCUT2D eigenvalue weighted by atomic mass is 10.3. The largest absolute Gasteiger partial charge is 0.497 e. The van der Waals surface area contributed by atoms with Crippen LogP contribution in [0.4, 0.5) is 5.69 Å². The van der Waals surface area contributed by atoms with E-state index in [1.165, 1.54) is 11.8 Å². The third-order valence-electron chi connectivity index (χ3n) is 4.48. The quantitative estimate of drug-likeness (QED) is 0.328. The first-order valence-corrected chi connectivity index (χ1v) is 12.1. The van der Waals surface area contributed by atoms with Crippen molar-refractivity contribution in [3.05, 3.63) is 57.8 Å². The van der Waals surface area contributed by atoms with Gasteiger partial charge in [-0.25, -0.2) is 0 Å². The van der Waals surface area contributed by atoms with E-state index in [0.29, 0.717) is 27.4 Å². The molecule has 2 aromatic carbocycles. The smallest absolute Gasteiger partial charge is 0.234 e. The molecule has 0 bridgehead atoms. The lowest BCUT2D eigenvalue weighted by Gasteiger charge is -2.19. The monoisotopic (exact) mass is 538 g/mol. The molecule has 3 rings (SSSR count). The topological polar surface area (TPSA) is 78.3 Å². The first kappa shape index (κ1) is 24.4. The Morgan fingerprint density at radius 3 is 2.47 bits per heavy atom. The number of halogens is 2. The van der Waals surface area contributed by atoms with Gasteiger partial charge in [-0.1, -0.05) is 23.4 Å². The summed E-state index contributed by atoms with van der Waals surface area (Å²) in [6.07, 6.45) is -0.327. The van der Waals surface area contributed by atoms with Crippen LogP contribution < -0.4 is 14.8 Å². The molecule has 1 unspecified atom stereocenters. The predicted molar refractivity (Wildman–Crippen MR) is 131 cm³/mol. The van der Waals surface area contributed by atoms with Gasteiger partial charge >= 0.3 is 0 Å². The molecule has 7 nitrogen and oxygen atoms in total. The van der Waals surface area contributed by atoms with E-state index in [2.05, 4.69) is 31.4 Å². The predicted octanol–water partition coefficient (Wildman–Crippen LogP) is 6.15. The van der Waals surface area contributed by atoms with Gasteiger partial charge in [-0.05, 0) is 79.2 Å². The van der Waals surface area contributed by atoms with Crippen LogP contribution >= 0.6 is 39.3 Å². The highest BCUT2D eigenvalue weighted by Crippen LogP contribution is 2.29. The molecule has 170 valence electrons. The molecule has 0 saturated heterocycles. The molecule has 0 radical (unpaired) electrons. The minimum atomic E-state index is -0.327. The van der Waals surface area contributed by atoms with E-state index in [0.717, 1.165) is 10.2 Å². The highest BCUT2D eigenvalue weighted by atomic mass is 79.9. The average Bonchev–Trinajstić information content (AvgIpc) is 3.20. The summed E-state index contributed by atoms with van der Waals surface area (Å²) in [6, 6.07) is 12.7. The van der Waals surface area contributed by atoms with Crippen molar-refractivity contribution in [2.45, 2.75) is 38.1 Å². The number of carbonyl (C=O) groups excluding carboxylic acids is 1. The van der Waals surface area contributed by atoms with Crippen LogP contribution in [-0.4, -0.2) is 33.5 Å². The molecule has 1 amide bonds. The number of ether oxygens (including phenoxy) is 2. The second-order valence-corrected chi connectivity index (χ2v) is 9.41. The molecule has 0 aliphatic heterocycles. The lowest BCUT2D eigenvalue weighted by Crippen LogP contribution is -2.16. The summed E-state index contributed by atoms with van der Waals surface area (Å²) in [6.45, 7) is 6.01. The molecule has 0 fully saturated rings. The maximum absolute atomic E-state index is 12.4. The van der Waals surface area contributed by atoms with Gasteiger partial charge in [0.05, 0.1) is 17.9 Å². The summed E-state index contributed by atoms with van der Waals surface area (Å²) >= 11 is 10.7. The van der Waals surface area contributed by atoms with Crippen molar-refractivity contribution in [3.8, 4) is 11.5 Å². The zero-order chi connectivity index (χ0) is 23.3. The normalized spacial score (nSPS) is 12.0. The second kappa shape index (κ2) is 11.1. The van der Waals surface area contributed by atoms with Crippen LogP contribution in [0, 0.1) is 0 Å². The molecule has 0 saturated carbocycles. The SMILES string of the molecule is COc1ccc(OC(C)c2nnc(SCC(=O)Nc3ccc(Br)c(Cl)c3)n2C(C)C)cc1. The first-order valence-electron chi connectivity index (χ1n) is 9.91. The minimum Gasteiger partial charge on any atom is -0.497 e. The van der Waals surface area contributed by atoms with Crippen molar-refractivity contribution in [2.24, 2.45) is 0 Å². The number of rotatable bonds is 9. The van der Waals surface area contributed by atoms with Gasteiger partial charge in [-0.3, -0.25) is 4.79 Å². The molecule has 1 N–H and O–H groups in total.